The van der Waals surface area contributed by atoms with Crippen molar-refractivity contribution in [3.05, 3.63) is 45.7 Å². The zero-order chi connectivity index (χ0) is 23.9. The van der Waals surface area contributed by atoms with E-state index in [9.17, 15) is 39.9 Å². The summed E-state index contributed by atoms with van der Waals surface area (Å²) < 4.78 is 0. The third kappa shape index (κ3) is 2.54. The molecule has 1 aromatic rings. The van der Waals surface area contributed by atoms with Gasteiger partial charge in [0.05, 0.1) is 17.7 Å². The number of phenolic OH excluding ortho intramolecular Hbond substituents is 1. The number of fused-ring (bicyclic) bond motifs is 3. The van der Waals surface area contributed by atoms with Crippen LogP contribution < -0.4 is 5.73 Å². The smallest absolute Gasteiger partial charge is 0.255 e. The van der Waals surface area contributed by atoms with Crippen LogP contribution in [0.5, 0.6) is 5.75 Å². The van der Waals surface area contributed by atoms with E-state index in [1.165, 1.54) is 25.1 Å². The maximum atomic E-state index is 13.6. The van der Waals surface area contributed by atoms with Crippen molar-refractivity contribution in [1.82, 2.24) is 4.90 Å². The van der Waals surface area contributed by atoms with Crippen LogP contribution in [0.4, 0.5) is 0 Å². The fraction of sp³-hybridized carbons (Fsp3) is 0.409. The van der Waals surface area contributed by atoms with E-state index in [1.54, 1.807) is 13.0 Å². The van der Waals surface area contributed by atoms with Crippen LogP contribution >= 0.6 is 0 Å². The summed E-state index contributed by atoms with van der Waals surface area (Å²) in [5.74, 6) is -7.78. The number of carbonyl (C=O) groups is 3. The number of rotatable bonds is 2. The molecule has 170 valence electrons. The molecule has 5 atom stereocenters. The van der Waals surface area contributed by atoms with E-state index >= 15 is 0 Å². The summed E-state index contributed by atoms with van der Waals surface area (Å²) in [5.41, 5.74) is 1.90. The summed E-state index contributed by atoms with van der Waals surface area (Å²) in [4.78, 5) is 39.9. The number of primary amides is 1. The summed E-state index contributed by atoms with van der Waals surface area (Å²) in [6, 6.07) is 1.65. The van der Waals surface area contributed by atoms with Gasteiger partial charge in [-0.25, -0.2) is 0 Å². The molecule has 0 saturated heterocycles. The van der Waals surface area contributed by atoms with Gasteiger partial charge < -0.3 is 31.3 Å². The largest absolute Gasteiger partial charge is 0.508 e. The minimum atomic E-state index is -2.73. The second-order valence-electron chi connectivity index (χ2n) is 8.80. The normalized spacial score (nSPS) is 32.1. The molecule has 3 aliphatic rings. The molecular weight excluding hydrogens is 420 g/mol. The predicted molar refractivity (Wildman–Crippen MR) is 110 cm³/mol. The van der Waals surface area contributed by atoms with Gasteiger partial charge in [-0.2, -0.15) is 0 Å². The van der Waals surface area contributed by atoms with Gasteiger partial charge in [0.15, 0.2) is 11.4 Å². The average molecular weight is 444 g/mol. The van der Waals surface area contributed by atoms with Crippen molar-refractivity contribution in [3.63, 3.8) is 0 Å². The van der Waals surface area contributed by atoms with E-state index < -0.39 is 69.7 Å². The van der Waals surface area contributed by atoms with Crippen molar-refractivity contribution in [3.8, 4) is 5.75 Å². The zero-order valence-corrected chi connectivity index (χ0v) is 17.7. The molecule has 1 saturated carbocycles. The Morgan fingerprint density at radius 1 is 1.19 bits per heavy atom. The molecule has 10 nitrogen and oxygen atoms in total. The first-order valence-electron chi connectivity index (χ1n) is 10.0. The summed E-state index contributed by atoms with van der Waals surface area (Å²) >= 11 is 0. The van der Waals surface area contributed by atoms with E-state index in [0.717, 1.165) is 0 Å². The second-order valence-corrected chi connectivity index (χ2v) is 8.80. The van der Waals surface area contributed by atoms with E-state index in [-0.39, 0.29) is 23.3 Å². The molecule has 1 fully saturated rings. The highest BCUT2D eigenvalue weighted by Crippen LogP contribution is 2.55. The van der Waals surface area contributed by atoms with Crippen LogP contribution in [0.1, 0.15) is 29.2 Å². The number of Topliss-reactive ketones (excluding diaryl/α,β-unsaturated/α-hetero) is 2. The first-order valence-corrected chi connectivity index (χ1v) is 10.0. The Hall–Kier alpha value is -3.21. The van der Waals surface area contributed by atoms with E-state index in [1.807, 2.05) is 0 Å². The fourth-order valence-corrected chi connectivity index (χ4v) is 5.46. The van der Waals surface area contributed by atoms with Gasteiger partial charge in [-0.05, 0) is 44.6 Å². The predicted octanol–water partition coefficient (Wildman–Crippen LogP) is -0.237. The van der Waals surface area contributed by atoms with Crippen molar-refractivity contribution >= 4 is 23.2 Å². The summed E-state index contributed by atoms with van der Waals surface area (Å²) in [6.07, 6.45) is -1.51. The number of aryl methyl sites for hydroxylation is 1. The Kier molecular flexibility index (Phi) is 4.74. The number of likely N-dealkylation sites (N-methyl/N-ethyl adjacent to an activating group) is 1. The first kappa shape index (κ1) is 22.0. The molecule has 1 aromatic carbocycles. The van der Waals surface area contributed by atoms with Crippen LogP contribution in [0, 0.1) is 18.8 Å². The van der Waals surface area contributed by atoms with Gasteiger partial charge in [-0.1, -0.05) is 6.07 Å². The van der Waals surface area contributed by atoms with Crippen molar-refractivity contribution in [2.45, 2.75) is 31.1 Å². The molecular formula is C22H24N2O8. The van der Waals surface area contributed by atoms with Crippen LogP contribution in [-0.4, -0.2) is 73.6 Å². The lowest BCUT2D eigenvalue weighted by Crippen LogP contribution is -2.66. The van der Waals surface area contributed by atoms with Gasteiger partial charge >= 0.3 is 0 Å². The minimum absolute atomic E-state index is 0.145. The molecule has 0 aromatic heterocycles. The van der Waals surface area contributed by atoms with E-state index in [4.69, 9.17) is 5.73 Å². The highest BCUT2D eigenvalue weighted by molar-refractivity contribution is 6.24. The Bertz CT molecular complexity index is 1150. The van der Waals surface area contributed by atoms with Crippen molar-refractivity contribution in [1.29, 1.82) is 0 Å². The number of hydrogen-bond donors (Lipinski definition) is 6. The lowest BCUT2D eigenvalue weighted by Gasteiger charge is -2.51. The quantitative estimate of drug-likeness (QED) is 0.335. The lowest BCUT2D eigenvalue weighted by molar-refractivity contribution is -0.155. The number of nitrogens with two attached hydrogens (primary N) is 1. The van der Waals surface area contributed by atoms with Gasteiger partial charge in [0.2, 0.25) is 5.78 Å². The molecule has 0 radical (unpaired) electrons. The molecule has 4 rings (SSSR count). The second kappa shape index (κ2) is 6.89. The van der Waals surface area contributed by atoms with Crippen LogP contribution in [0.15, 0.2) is 29.0 Å². The number of aromatic hydroxyl groups is 1. The van der Waals surface area contributed by atoms with Crippen LogP contribution in [0.2, 0.25) is 0 Å². The Morgan fingerprint density at radius 2 is 1.81 bits per heavy atom. The maximum Gasteiger partial charge on any atom is 0.255 e. The van der Waals surface area contributed by atoms with E-state index in [0.29, 0.717) is 5.56 Å². The summed E-state index contributed by atoms with van der Waals surface area (Å²) in [7, 11) is 3.01. The molecule has 0 aliphatic heterocycles. The summed E-state index contributed by atoms with van der Waals surface area (Å²) in [6.45, 7) is 1.67. The third-order valence-corrected chi connectivity index (χ3v) is 6.91. The van der Waals surface area contributed by atoms with Gasteiger partial charge in [0, 0.05) is 17.4 Å². The van der Waals surface area contributed by atoms with Crippen LogP contribution in [0.25, 0.3) is 5.76 Å². The van der Waals surface area contributed by atoms with Gasteiger partial charge in [-0.3, -0.25) is 19.3 Å². The molecule has 0 bridgehead atoms. The molecule has 7 N–H and O–H groups in total. The SMILES string of the molecule is Cc1ccc(O)c2c1C(O)C1CC3C(N(C)C)C(=O)C(C(N)=O)=C(O)C3(O)C(=O)C1=C2O. The van der Waals surface area contributed by atoms with Crippen LogP contribution in [-0.2, 0) is 14.4 Å². The Balaban J connectivity index is 2.03. The number of hydrogen-bond acceptors (Lipinski definition) is 9. The number of ketones is 2. The lowest BCUT2D eigenvalue weighted by atomic mass is 9.57. The van der Waals surface area contributed by atoms with Gasteiger partial charge in [0.25, 0.3) is 5.91 Å². The standard InChI is InChI=1S/C22H24N2O8/c1-7-4-5-10(25)13-11(7)16(26)8-6-9-15(24(2)3)18(28)14(21(23)31)20(30)22(9,32)19(29)12(8)17(13)27/h4-5,8-9,15-16,25-27,30,32H,6H2,1-3H3,(H2,23,31). The number of nitrogens with zero attached hydrogens (tertiary/aromatic N) is 1. The highest BCUT2D eigenvalue weighted by atomic mass is 16.3. The molecule has 3 aliphatic carbocycles. The number of aliphatic hydroxyl groups excluding tert-OH is 3. The minimum Gasteiger partial charge on any atom is -0.508 e. The van der Waals surface area contributed by atoms with Crippen molar-refractivity contribution in [2.24, 2.45) is 17.6 Å². The Morgan fingerprint density at radius 3 is 2.38 bits per heavy atom. The number of phenols is 1. The van der Waals surface area contributed by atoms with Crippen molar-refractivity contribution < 1.29 is 39.9 Å². The van der Waals surface area contributed by atoms with Crippen molar-refractivity contribution in [2.75, 3.05) is 14.1 Å². The highest BCUT2D eigenvalue weighted by Gasteiger charge is 2.65. The van der Waals surface area contributed by atoms with Gasteiger partial charge in [-0.15, -0.1) is 0 Å². The number of carbonyl (C=O) groups excluding carboxylic acids is 3. The fourth-order valence-electron chi connectivity index (χ4n) is 5.46. The number of amides is 1. The maximum absolute atomic E-state index is 13.6. The molecule has 5 unspecified atom stereocenters. The third-order valence-electron chi connectivity index (χ3n) is 6.91. The van der Waals surface area contributed by atoms with Crippen LogP contribution in [0.3, 0.4) is 0 Å². The summed E-state index contributed by atoms with van der Waals surface area (Å²) in [5, 5.41) is 54.6. The molecule has 32 heavy (non-hydrogen) atoms. The molecule has 10 heteroatoms. The molecule has 1 amide bonds. The molecule has 0 spiro atoms. The molecule has 0 heterocycles. The first-order chi connectivity index (χ1) is 14.8. The number of benzene rings is 1. The monoisotopic (exact) mass is 444 g/mol. The zero-order valence-electron chi connectivity index (χ0n) is 17.7. The van der Waals surface area contributed by atoms with E-state index in [2.05, 4.69) is 0 Å². The topological polar surface area (TPSA) is 182 Å². The van der Waals surface area contributed by atoms with Gasteiger partial charge in [0.1, 0.15) is 22.8 Å². The Labute approximate surface area is 182 Å². The number of aliphatic hydroxyl groups is 4. The average Bonchev–Trinajstić information content (AvgIpc) is 2.69.